The van der Waals surface area contributed by atoms with Crippen molar-refractivity contribution in [3.05, 3.63) is 18.1 Å². The fourth-order valence-electron chi connectivity index (χ4n) is 2.99. The van der Waals surface area contributed by atoms with Crippen LogP contribution in [0.1, 0.15) is 19.0 Å². The first kappa shape index (κ1) is 11.0. The number of aryl methyl sites for hydroxylation is 1. The maximum Gasteiger partial charge on any atom is 0.132 e. The van der Waals surface area contributed by atoms with Crippen molar-refractivity contribution in [2.45, 2.75) is 19.8 Å². The minimum atomic E-state index is 0.819. The van der Waals surface area contributed by atoms with Crippen LogP contribution < -0.4 is 10.2 Å². The van der Waals surface area contributed by atoms with E-state index in [1.54, 1.807) is 6.33 Å². The van der Waals surface area contributed by atoms with Crippen LogP contribution in [0.25, 0.3) is 0 Å². The van der Waals surface area contributed by atoms with Gasteiger partial charge in [0.05, 0.1) is 0 Å². The Labute approximate surface area is 102 Å². The SMILES string of the molecule is CCCc1cc(N2C[C@H]3CNC[C@H]3C2)ncn1. The molecule has 0 saturated carbocycles. The van der Waals surface area contributed by atoms with E-state index >= 15 is 0 Å². The molecule has 2 atom stereocenters. The third-order valence-electron chi connectivity index (χ3n) is 3.93. The predicted molar refractivity (Wildman–Crippen MR) is 68.1 cm³/mol. The molecule has 1 aromatic heterocycles. The Morgan fingerprint density at radius 3 is 2.76 bits per heavy atom. The van der Waals surface area contributed by atoms with E-state index in [9.17, 15) is 0 Å². The molecule has 2 fully saturated rings. The van der Waals surface area contributed by atoms with Gasteiger partial charge in [0.15, 0.2) is 0 Å². The van der Waals surface area contributed by atoms with E-state index in [1.807, 2.05) is 0 Å². The molecule has 0 bridgehead atoms. The summed E-state index contributed by atoms with van der Waals surface area (Å²) in [6.07, 6.45) is 3.91. The lowest BCUT2D eigenvalue weighted by atomic mass is 10.0. The van der Waals surface area contributed by atoms with E-state index in [0.717, 1.165) is 43.6 Å². The zero-order chi connectivity index (χ0) is 11.7. The predicted octanol–water partition coefficient (Wildman–Crippen LogP) is 1.08. The molecule has 1 N–H and O–H groups in total. The summed E-state index contributed by atoms with van der Waals surface area (Å²) in [5.74, 6) is 2.76. The van der Waals surface area contributed by atoms with Gasteiger partial charge in [-0.05, 0) is 18.3 Å². The molecule has 0 unspecified atom stereocenters. The van der Waals surface area contributed by atoms with Crippen molar-refractivity contribution in [1.29, 1.82) is 0 Å². The van der Waals surface area contributed by atoms with Crippen LogP contribution in [0.2, 0.25) is 0 Å². The Morgan fingerprint density at radius 2 is 2.06 bits per heavy atom. The van der Waals surface area contributed by atoms with Crippen LogP contribution in [0.3, 0.4) is 0 Å². The maximum atomic E-state index is 4.43. The average Bonchev–Trinajstić information content (AvgIpc) is 2.89. The van der Waals surface area contributed by atoms with E-state index in [0.29, 0.717) is 0 Å². The molecule has 0 spiro atoms. The first-order chi connectivity index (χ1) is 8.36. The van der Waals surface area contributed by atoms with Crippen LogP contribution in [0.5, 0.6) is 0 Å². The van der Waals surface area contributed by atoms with Crippen molar-refractivity contribution < 1.29 is 0 Å². The zero-order valence-electron chi connectivity index (χ0n) is 10.4. The van der Waals surface area contributed by atoms with Crippen molar-refractivity contribution in [2.75, 3.05) is 31.1 Å². The van der Waals surface area contributed by atoms with Gasteiger partial charge in [-0.15, -0.1) is 0 Å². The quantitative estimate of drug-likeness (QED) is 0.847. The number of aromatic nitrogens is 2. The molecule has 0 aliphatic carbocycles. The summed E-state index contributed by atoms with van der Waals surface area (Å²) in [6.45, 7) is 6.84. The van der Waals surface area contributed by atoms with E-state index < -0.39 is 0 Å². The zero-order valence-corrected chi connectivity index (χ0v) is 10.4. The van der Waals surface area contributed by atoms with Crippen molar-refractivity contribution >= 4 is 5.82 Å². The normalized spacial score (nSPS) is 27.5. The molecular weight excluding hydrogens is 212 g/mol. The third-order valence-corrected chi connectivity index (χ3v) is 3.93. The standard InChI is InChI=1S/C13H20N4/c1-2-3-12-4-13(16-9-15-12)17-7-10-5-14-6-11(10)8-17/h4,9-11,14H,2-3,5-8H2,1H3/t10-,11+. The van der Waals surface area contributed by atoms with Gasteiger partial charge < -0.3 is 10.2 Å². The maximum absolute atomic E-state index is 4.43. The number of hydrogen-bond donors (Lipinski definition) is 1. The molecule has 92 valence electrons. The van der Waals surface area contributed by atoms with Crippen molar-refractivity contribution in [3.63, 3.8) is 0 Å². The van der Waals surface area contributed by atoms with Crippen molar-refractivity contribution in [1.82, 2.24) is 15.3 Å². The van der Waals surface area contributed by atoms with Crippen LogP contribution in [0.4, 0.5) is 5.82 Å². The van der Waals surface area contributed by atoms with Gasteiger partial charge in [0, 0.05) is 37.9 Å². The number of fused-ring (bicyclic) bond motifs is 1. The molecule has 1 aromatic rings. The number of nitrogens with one attached hydrogen (secondary N) is 1. The summed E-state index contributed by atoms with van der Waals surface area (Å²) in [5, 5.41) is 3.47. The third kappa shape index (κ3) is 2.14. The summed E-state index contributed by atoms with van der Waals surface area (Å²) in [6, 6.07) is 2.16. The molecule has 0 radical (unpaired) electrons. The molecular formula is C13H20N4. The van der Waals surface area contributed by atoms with Crippen molar-refractivity contribution in [2.24, 2.45) is 11.8 Å². The molecule has 3 heterocycles. The number of rotatable bonds is 3. The Balaban J connectivity index is 1.74. The van der Waals surface area contributed by atoms with Gasteiger partial charge in [-0.25, -0.2) is 9.97 Å². The van der Waals surface area contributed by atoms with E-state index in [1.165, 1.54) is 18.8 Å². The van der Waals surface area contributed by atoms with Crippen LogP contribution >= 0.6 is 0 Å². The number of anilines is 1. The molecule has 0 amide bonds. The van der Waals surface area contributed by atoms with E-state index in [4.69, 9.17) is 0 Å². The summed E-state index contributed by atoms with van der Waals surface area (Å²) >= 11 is 0. The highest BCUT2D eigenvalue weighted by Gasteiger charge is 2.36. The van der Waals surface area contributed by atoms with Crippen LogP contribution in [-0.2, 0) is 6.42 Å². The molecule has 2 aliphatic rings. The highest BCUT2D eigenvalue weighted by molar-refractivity contribution is 5.41. The van der Waals surface area contributed by atoms with Gasteiger partial charge in [0.25, 0.3) is 0 Å². The Bertz CT molecular complexity index is 381. The molecule has 0 aromatic carbocycles. The first-order valence-electron chi connectivity index (χ1n) is 6.63. The summed E-state index contributed by atoms with van der Waals surface area (Å²) in [4.78, 5) is 11.2. The molecule has 2 aliphatic heterocycles. The number of hydrogen-bond acceptors (Lipinski definition) is 4. The van der Waals surface area contributed by atoms with Gasteiger partial charge in [-0.2, -0.15) is 0 Å². The Morgan fingerprint density at radius 1 is 1.29 bits per heavy atom. The molecule has 2 saturated heterocycles. The summed E-state index contributed by atoms with van der Waals surface area (Å²) in [7, 11) is 0. The van der Waals surface area contributed by atoms with Gasteiger partial charge >= 0.3 is 0 Å². The Kier molecular flexibility index (Phi) is 2.97. The average molecular weight is 232 g/mol. The Hall–Kier alpha value is -1.16. The van der Waals surface area contributed by atoms with E-state index in [2.05, 4.69) is 33.2 Å². The van der Waals surface area contributed by atoms with Gasteiger partial charge in [0.1, 0.15) is 12.1 Å². The van der Waals surface area contributed by atoms with Crippen LogP contribution in [0, 0.1) is 11.8 Å². The minimum Gasteiger partial charge on any atom is -0.356 e. The molecule has 4 heteroatoms. The second-order valence-corrected chi connectivity index (χ2v) is 5.20. The first-order valence-corrected chi connectivity index (χ1v) is 6.63. The van der Waals surface area contributed by atoms with Crippen LogP contribution in [0.15, 0.2) is 12.4 Å². The minimum absolute atomic E-state index is 0.819. The molecule has 17 heavy (non-hydrogen) atoms. The van der Waals surface area contributed by atoms with Gasteiger partial charge in [-0.1, -0.05) is 13.3 Å². The van der Waals surface area contributed by atoms with Gasteiger partial charge in [-0.3, -0.25) is 0 Å². The monoisotopic (exact) mass is 232 g/mol. The lowest BCUT2D eigenvalue weighted by Crippen LogP contribution is -2.26. The lowest BCUT2D eigenvalue weighted by Gasteiger charge is -2.18. The summed E-state index contributed by atoms with van der Waals surface area (Å²) in [5.41, 5.74) is 1.17. The highest BCUT2D eigenvalue weighted by atomic mass is 15.2. The fraction of sp³-hybridized carbons (Fsp3) is 0.692. The topological polar surface area (TPSA) is 41.0 Å². The lowest BCUT2D eigenvalue weighted by molar-refractivity contribution is 0.533. The van der Waals surface area contributed by atoms with Crippen molar-refractivity contribution in [3.8, 4) is 0 Å². The largest absolute Gasteiger partial charge is 0.356 e. The summed E-state index contributed by atoms with van der Waals surface area (Å²) < 4.78 is 0. The van der Waals surface area contributed by atoms with Gasteiger partial charge in [0.2, 0.25) is 0 Å². The molecule has 3 rings (SSSR count). The van der Waals surface area contributed by atoms with E-state index in [-0.39, 0.29) is 0 Å². The second-order valence-electron chi connectivity index (χ2n) is 5.20. The number of nitrogens with zero attached hydrogens (tertiary/aromatic N) is 3. The van der Waals surface area contributed by atoms with Crippen LogP contribution in [-0.4, -0.2) is 36.1 Å². The second kappa shape index (κ2) is 4.61. The highest BCUT2D eigenvalue weighted by Crippen LogP contribution is 2.29. The fourth-order valence-corrected chi connectivity index (χ4v) is 2.99. The smallest absolute Gasteiger partial charge is 0.132 e. The molecule has 4 nitrogen and oxygen atoms in total.